The van der Waals surface area contributed by atoms with Gasteiger partial charge in [0, 0.05) is 12.1 Å². The zero-order chi connectivity index (χ0) is 15.9. The van der Waals surface area contributed by atoms with Crippen LogP contribution in [0.1, 0.15) is 29.3 Å². The van der Waals surface area contributed by atoms with E-state index in [1.54, 1.807) is 0 Å². The Balaban J connectivity index is 2.46. The zero-order valence-corrected chi connectivity index (χ0v) is 11.5. The van der Waals surface area contributed by atoms with Crippen molar-refractivity contribution in [2.45, 2.75) is 32.3 Å². The Labute approximate surface area is 120 Å². The van der Waals surface area contributed by atoms with Crippen molar-refractivity contribution in [3.05, 3.63) is 35.4 Å². The molecule has 0 aromatic heterocycles. The fourth-order valence-corrected chi connectivity index (χ4v) is 1.46. The monoisotopic (exact) mass is 307 g/mol. The van der Waals surface area contributed by atoms with Gasteiger partial charge in [-0.1, -0.05) is 19.1 Å². The molecule has 0 spiro atoms. The third kappa shape index (κ3) is 5.71. The molecular formula is C14H17F4NO2. The van der Waals surface area contributed by atoms with Gasteiger partial charge >= 0.3 is 12.3 Å². The van der Waals surface area contributed by atoms with Gasteiger partial charge in [-0.05, 0) is 24.1 Å². The molecule has 7 heteroatoms. The minimum absolute atomic E-state index is 0.223. The quantitative estimate of drug-likeness (QED) is 0.749. The van der Waals surface area contributed by atoms with Gasteiger partial charge in [-0.25, -0.2) is 8.78 Å². The van der Waals surface area contributed by atoms with Crippen molar-refractivity contribution in [2.24, 2.45) is 0 Å². The minimum atomic E-state index is -4.15. The van der Waals surface area contributed by atoms with Crippen molar-refractivity contribution in [2.75, 3.05) is 13.2 Å². The Hall–Kier alpha value is -1.63. The molecule has 0 aliphatic carbocycles. The Morgan fingerprint density at radius 1 is 1.29 bits per heavy atom. The third-order valence-corrected chi connectivity index (χ3v) is 2.63. The fraction of sp³-hybridized carbons (Fsp3) is 0.500. The van der Waals surface area contributed by atoms with E-state index in [1.165, 1.54) is 24.3 Å². The molecule has 0 unspecified atom stereocenters. The summed E-state index contributed by atoms with van der Waals surface area (Å²) in [5, 5.41) is 2.69. The molecule has 0 atom stereocenters. The summed E-state index contributed by atoms with van der Waals surface area (Å²) in [6.45, 7) is 0.922. The molecule has 1 amide bonds. The van der Waals surface area contributed by atoms with Crippen LogP contribution in [0.15, 0.2) is 24.3 Å². The molecule has 3 nitrogen and oxygen atoms in total. The lowest BCUT2D eigenvalue weighted by Crippen LogP contribution is -2.32. The topological polar surface area (TPSA) is 38.3 Å². The number of rotatable bonds is 8. The summed E-state index contributed by atoms with van der Waals surface area (Å²) >= 11 is 0. The van der Waals surface area contributed by atoms with Crippen LogP contribution in [0.4, 0.5) is 17.6 Å². The molecule has 1 aromatic carbocycles. The number of nitrogens with one attached hydrogen (secondary N) is 1. The molecule has 0 bridgehead atoms. The molecule has 0 heterocycles. The van der Waals surface area contributed by atoms with E-state index in [0.29, 0.717) is 17.7 Å². The molecule has 0 fully saturated rings. The summed E-state index contributed by atoms with van der Waals surface area (Å²) in [6.07, 6.45) is -2.93. The highest BCUT2D eigenvalue weighted by Crippen LogP contribution is 2.23. The first kappa shape index (κ1) is 17.4. The van der Waals surface area contributed by atoms with Gasteiger partial charge in [0.25, 0.3) is 5.91 Å². The predicted octanol–water partition coefficient (Wildman–Crippen LogP) is 3.24. The molecule has 0 aliphatic heterocycles. The van der Waals surface area contributed by atoms with Crippen molar-refractivity contribution in [1.29, 1.82) is 0 Å². The molecule has 1 N–H and O–H groups in total. The lowest BCUT2D eigenvalue weighted by atomic mass is 10.1. The second kappa shape index (κ2) is 7.97. The van der Waals surface area contributed by atoms with E-state index >= 15 is 0 Å². The lowest BCUT2D eigenvalue weighted by molar-refractivity contribution is -0.168. The smallest absolute Gasteiger partial charge is 0.330 e. The minimum Gasteiger partial charge on any atom is -0.370 e. The molecular weight excluding hydrogens is 290 g/mol. The Bertz CT molecular complexity index is 449. The highest BCUT2D eigenvalue weighted by molar-refractivity contribution is 5.94. The standard InChI is InChI=1S/C14H17F4NO2/c1-2-7-19-12(20)11-5-3-10(4-6-11)8-21-9-14(17,18)13(15)16/h3-6,13H,2,7-9H2,1H3,(H,19,20). The number of benzene rings is 1. The zero-order valence-electron chi connectivity index (χ0n) is 11.5. The van der Waals surface area contributed by atoms with Gasteiger partial charge in [0.05, 0.1) is 6.61 Å². The molecule has 1 rings (SSSR count). The number of hydrogen-bond acceptors (Lipinski definition) is 2. The van der Waals surface area contributed by atoms with Gasteiger partial charge in [0.15, 0.2) is 0 Å². The molecule has 0 radical (unpaired) electrons. The fourth-order valence-electron chi connectivity index (χ4n) is 1.46. The van der Waals surface area contributed by atoms with Crippen LogP contribution in [0.2, 0.25) is 0 Å². The first-order valence-electron chi connectivity index (χ1n) is 6.47. The van der Waals surface area contributed by atoms with Gasteiger partial charge in [0.2, 0.25) is 0 Å². The van der Waals surface area contributed by atoms with Crippen LogP contribution in [-0.4, -0.2) is 31.4 Å². The molecule has 118 valence electrons. The van der Waals surface area contributed by atoms with Crippen LogP contribution < -0.4 is 5.32 Å². The molecule has 0 aliphatic rings. The third-order valence-electron chi connectivity index (χ3n) is 2.63. The van der Waals surface area contributed by atoms with E-state index in [9.17, 15) is 22.4 Å². The number of amides is 1. The predicted molar refractivity (Wildman–Crippen MR) is 69.7 cm³/mol. The average molecular weight is 307 g/mol. The van der Waals surface area contributed by atoms with Crippen LogP contribution in [0.5, 0.6) is 0 Å². The maximum absolute atomic E-state index is 12.6. The molecule has 0 saturated carbocycles. The van der Waals surface area contributed by atoms with Gasteiger partial charge in [-0.2, -0.15) is 8.78 Å². The summed E-state index contributed by atoms with van der Waals surface area (Å²) < 4.78 is 53.6. The van der Waals surface area contributed by atoms with Crippen LogP contribution in [-0.2, 0) is 11.3 Å². The van der Waals surface area contributed by atoms with E-state index in [1.807, 2.05) is 6.92 Å². The largest absolute Gasteiger partial charge is 0.370 e. The van der Waals surface area contributed by atoms with Gasteiger partial charge < -0.3 is 10.1 Å². The number of hydrogen-bond donors (Lipinski definition) is 1. The highest BCUT2D eigenvalue weighted by Gasteiger charge is 2.40. The number of carbonyl (C=O) groups is 1. The normalized spacial score (nSPS) is 11.7. The number of carbonyl (C=O) groups excluding carboxylic acids is 1. The van der Waals surface area contributed by atoms with E-state index in [-0.39, 0.29) is 12.5 Å². The lowest BCUT2D eigenvalue weighted by Gasteiger charge is -2.15. The van der Waals surface area contributed by atoms with Crippen molar-refractivity contribution < 1.29 is 27.1 Å². The summed E-state index contributed by atoms with van der Waals surface area (Å²) in [5.41, 5.74) is 0.956. The Kier molecular flexibility index (Phi) is 6.61. The number of halogens is 4. The maximum atomic E-state index is 12.6. The number of ether oxygens (including phenoxy) is 1. The summed E-state index contributed by atoms with van der Waals surface area (Å²) in [4.78, 5) is 11.6. The number of alkyl halides is 4. The van der Waals surface area contributed by atoms with Gasteiger partial charge in [0.1, 0.15) is 6.61 Å². The van der Waals surface area contributed by atoms with Gasteiger partial charge in [-0.15, -0.1) is 0 Å². The SMILES string of the molecule is CCCNC(=O)c1ccc(COCC(F)(F)C(F)F)cc1. The second-order valence-electron chi connectivity index (χ2n) is 4.51. The summed E-state index contributed by atoms with van der Waals surface area (Å²) in [5.74, 6) is -4.38. The Morgan fingerprint density at radius 2 is 1.90 bits per heavy atom. The Morgan fingerprint density at radius 3 is 2.43 bits per heavy atom. The summed E-state index contributed by atoms with van der Waals surface area (Å²) in [6, 6.07) is 6.10. The molecule has 1 aromatic rings. The first-order chi connectivity index (χ1) is 9.86. The van der Waals surface area contributed by atoms with E-state index in [4.69, 9.17) is 0 Å². The average Bonchev–Trinajstić information content (AvgIpc) is 2.45. The van der Waals surface area contributed by atoms with E-state index in [0.717, 1.165) is 6.42 Å². The maximum Gasteiger partial charge on any atom is 0.330 e. The van der Waals surface area contributed by atoms with Crippen molar-refractivity contribution in [3.63, 3.8) is 0 Å². The molecule has 21 heavy (non-hydrogen) atoms. The van der Waals surface area contributed by atoms with Crippen LogP contribution >= 0.6 is 0 Å². The molecule has 0 saturated heterocycles. The van der Waals surface area contributed by atoms with E-state index < -0.39 is 19.0 Å². The van der Waals surface area contributed by atoms with Crippen molar-refractivity contribution >= 4 is 5.91 Å². The van der Waals surface area contributed by atoms with Crippen LogP contribution in [0, 0.1) is 0 Å². The highest BCUT2D eigenvalue weighted by atomic mass is 19.3. The van der Waals surface area contributed by atoms with Crippen LogP contribution in [0.25, 0.3) is 0 Å². The second-order valence-corrected chi connectivity index (χ2v) is 4.51. The van der Waals surface area contributed by atoms with E-state index in [2.05, 4.69) is 10.1 Å². The first-order valence-corrected chi connectivity index (χ1v) is 6.47. The van der Waals surface area contributed by atoms with Crippen molar-refractivity contribution in [1.82, 2.24) is 5.32 Å². The summed E-state index contributed by atoms with van der Waals surface area (Å²) in [7, 11) is 0. The van der Waals surface area contributed by atoms with Crippen LogP contribution in [0.3, 0.4) is 0 Å². The van der Waals surface area contributed by atoms with Crippen molar-refractivity contribution in [3.8, 4) is 0 Å². The van der Waals surface area contributed by atoms with Gasteiger partial charge in [-0.3, -0.25) is 4.79 Å².